The highest BCUT2D eigenvalue weighted by molar-refractivity contribution is 9.10. The summed E-state index contributed by atoms with van der Waals surface area (Å²) in [5.41, 5.74) is 1.45. The monoisotopic (exact) mass is 340 g/mol. The van der Waals surface area contributed by atoms with Gasteiger partial charge in [-0.25, -0.2) is 0 Å². The van der Waals surface area contributed by atoms with Gasteiger partial charge in [-0.1, -0.05) is 22.0 Å². The van der Waals surface area contributed by atoms with Crippen molar-refractivity contribution in [2.45, 2.75) is 33.7 Å². The predicted molar refractivity (Wildman–Crippen MR) is 83.7 cm³/mol. The summed E-state index contributed by atoms with van der Waals surface area (Å²) in [6, 6.07) is 4.92. The summed E-state index contributed by atoms with van der Waals surface area (Å²) in [7, 11) is 0. The van der Waals surface area contributed by atoms with Gasteiger partial charge in [0.05, 0.1) is 0 Å². The van der Waals surface area contributed by atoms with E-state index in [4.69, 9.17) is 0 Å². The first-order valence-corrected chi connectivity index (χ1v) is 7.56. The van der Waals surface area contributed by atoms with Crippen LogP contribution in [0.15, 0.2) is 22.7 Å². The number of nitrogens with zero attached hydrogens (tertiary/aromatic N) is 1. The Labute approximate surface area is 128 Å². The quantitative estimate of drug-likeness (QED) is 0.895. The zero-order valence-corrected chi connectivity index (χ0v) is 14.0. The highest BCUT2D eigenvalue weighted by Crippen LogP contribution is 2.19. The maximum atomic E-state index is 12.2. The van der Waals surface area contributed by atoms with E-state index in [1.165, 1.54) is 0 Å². The Morgan fingerprint density at radius 2 is 1.90 bits per heavy atom. The Morgan fingerprint density at radius 3 is 2.45 bits per heavy atom. The smallest absolute Gasteiger partial charge is 0.252 e. The van der Waals surface area contributed by atoms with Crippen LogP contribution in [-0.4, -0.2) is 35.8 Å². The molecule has 0 aliphatic heterocycles. The molecule has 4 nitrogen and oxygen atoms in total. The largest absolute Gasteiger partial charge is 0.341 e. The SMILES string of the molecule is CCN(CC)C(=O)C(C)NC(=O)c1cccc(Br)c1C. The fourth-order valence-electron chi connectivity index (χ4n) is 2.00. The van der Waals surface area contributed by atoms with E-state index in [1.807, 2.05) is 32.9 Å². The Hall–Kier alpha value is -1.36. The van der Waals surface area contributed by atoms with E-state index in [2.05, 4.69) is 21.2 Å². The highest BCUT2D eigenvalue weighted by Gasteiger charge is 2.21. The number of hydrogen-bond acceptors (Lipinski definition) is 2. The molecule has 0 saturated heterocycles. The maximum Gasteiger partial charge on any atom is 0.252 e. The van der Waals surface area contributed by atoms with E-state index in [0.29, 0.717) is 18.7 Å². The van der Waals surface area contributed by atoms with Crippen molar-refractivity contribution in [3.05, 3.63) is 33.8 Å². The molecular formula is C15H21BrN2O2. The third-order valence-electron chi connectivity index (χ3n) is 3.31. The second-order valence-corrected chi connectivity index (χ2v) is 5.47. The van der Waals surface area contributed by atoms with Gasteiger partial charge in [-0.2, -0.15) is 0 Å². The molecule has 2 amide bonds. The second-order valence-electron chi connectivity index (χ2n) is 4.62. The highest BCUT2D eigenvalue weighted by atomic mass is 79.9. The molecule has 0 spiro atoms. The molecule has 1 aromatic carbocycles. The molecule has 1 rings (SSSR count). The Morgan fingerprint density at radius 1 is 1.30 bits per heavy atom. The number of benzene rings is 1. The van der Waals surface area contributed by atoms with E-state index in [0.717, 1.165) is 10.0 Å². The molecule has 0 aromatic heterocycles. The van der Waals surface area contributed by atoms with Gasteiger partial charge in [0.2, 0.25) is 5.91 Å². The van der Waals surface area contributed by atoms with E-state index in [9.17, 15) is 9.59 Å². The summed E-state index contributed by atoms with van der Waals surface area (Å²) >= 11 is 3.40. The lowest BCUT2D eigenvalue weighted by Crippen LogP contribution is -2.46. The fraction of sp³-hybridized carbons (Fsp3) is 0.467. The van der Waals surface area contributed by atoms with Gasteiger partial charge >= 0.3 is 0 Å². The maximum absolute atomic E-state index is 12.2. The van der Waals surface area contributed by atoms with Crippen molar-refractivity contribution in [3.8, 4) is 0 Å². The normalized spacial score (nSPS) is 11.8. The predicted octanol–water partition coefficient (Wildman–Crippen LogP) is 2.74. The average Bonchev–Trinajstić information content (AvgIpc) is 2.42. The summed E-state index contributed by atoms with van der Waals surface area (Å²) in [5, 5.41) is 2.76. The summed E-state index contributed by atoms with van der Waals surface area (Å²) in [4.78, 5) is 26.1. The van der Waals surface area contributed by atoms with Crippen LogP contribution in [0.3, 0.4) is 0 Å². The molecule has 0 aliphatic carbocycles. The Bertz CT molecular complexity index is 499. The zero-order chi connectivity index (χ0) is 15.3. The van der Waals surface area contributed by atoms with Gasteiger partial charge in [0, 0.05) is 23.1 Å². The number of carbonyl (C=O) groups excluding carboxylic acids is 2. The standard InChI is InChI=1S/C15H21BrN2O2/c1-5-18(6-2)15(20)11(4)17-14(19)12-8-7-9-13(16)10(12)3/h7-9,11H,5-6H2,1-4H3,(H,17,19). The van der Waals surface area contributed by atoms with Gasteiger partial charge in [-0.3, -0.25) is 9.59 Å². The molecule has 0 aliphatic rings. The topological polar surface area (TPSA) is 49.4 Å². The van der Waals surface area contributed by atoms with Crippen molar-refractivity contribution in [2.75, 3.05) is 13.1 Å². The average molecular weight is 341 g/mol. The van der Waals surface area contributed by atoms with E-state index < -0.39 is 6.04 Å². The van der Waals surface area contributed by atoms with Crippen molar-refractivity contribution in [3.63, 3.8) is 0 Å². The first-order valence-electron chi connectivity index (χ1n) is 6.77. The third-order valence-corrected chi connectivity index (χ3v) is 4.16. The molecule has 110 valence electrons. The second kappa shape index (κ2) is 7.43. The lowest BCUT2D eigenvalue weighted by atomic mass is 10.1. The van der Waals surface area contributed by atoms with E-state index in [1.54, 1.807) is 17.9 Å². The molecule has 1 N–H and O–H groups in total. The van der Waals surface area contributed by atoms with Crippen LogP contribution in [0.25, 0.3) is 0 Å². The number of halogens is 1. The molecule has 20 heavy (non-hydrogen) atoms. The molecule has 1 aromatic rings. The third kappa shape index (κ3) is 3.82. The molecule has 0 fully saturated rings. The van der Waals surface area contributed by atoms with Crippen LogP contribution in [0.4, 0.5) is 0 Å². The van der Waals surface area contributed by atoms with Crippen LogP contribution >= 0.6 is 15.9 Å². The van der Waals surface area contributed by atoms with E-state index >= 15 is 0 Å². The minimum Gasteiger partial charge on any atom is -0.341 e. The van der Waals surface area contributed by atoms with Gasteiger partial charge in [0.1, 0.15) is 6.04 Å². The Kier molecular flexibility index (Phi) is 6.20. The van der Waals surface area contributed by atoms with Crippen LogP contribution < -0.4 is 5.32 Å². The molecule has 0 radical (unpaired) electrons. The molecule has 5 heteroatoms. The number of carbonyl (C=O) groups is 2. The van der Waals surface area contributed by atoms with Crippen LogP contribution in [-0.2, 0) is 4.79 Å². The number of likely N-dealkylation sites (N-methyl/N-ethyl adjacent to an activating group) is 1. The fourth-order valence-corrected chi connectivity index (χ4v) is 2.36. The van der Waals surface area contributed by atoms with Crippen molar-refractivity contribution in [1.29, 1.82) is 0 Å². The zero-order valence-electron chi connectivity index (χ0n) is 12.4. The number of hydrogen-bond donors (Lipinski definition) is 1. The van der Waals surface area contributed by atoms with Crippen LogP contribution in [0.5, 0.6) is 0 Å². The number of nitrogens with one attached hydrogen (secondary N) is 1. The molecule has 0 saturated carbocycles. The molecular weight excluding hydrogens is 320 g/mol. The lowest BCUT2D eigenvalue weighted by molar-refractivity contribution is -0.132. The van der Waals surface area contributed by atoms with Gasteiger partial charge < -0.3 is 10.2 Å². The number of rotatable bonds is 5. The van der Waals surface area contributed by atoms with Gasteiger partial charge in [0.15, 0.2) is 0 Å². The van der Waals surface area contributed by atoms with E-state index in [-0.39, 0.29) is 11.8 Å². The van der Waals surface area contributed by atoms with Crippen molar-refractivity contribution in [1.82, 2.24) is 10.2 Å². The first kappa shape index (κ1) is 16.7. The minimum atomic E-state index is -0.527. The van der Waals surface area contributed by atoms with Crippen molar-refractivity contribution >= 4 is 27.7 Å². The van der Waals surface area contributed by atoms with Gasteiger partial charge in [-0.05, 0) is 45.4 Å². The minimum absolute atomic E-state index is 0.0593. The van der Waals surface area contributed by atoms with Crippen molar-refractivity contribution in [2.24, 2.45) is 0 Å². The van der Waals surface area contributed by atoms with Crippen LogP contribution in [0, 0.1) is 6.92 Å². The van der Waals surface area contributed by atoms with Gasteiger partial charge in [0.25, 0.3) is 5.91 Å². The van der Waals surface area contributed by atoms with Crippen LogP contribution in [0.2, 0.25) is 0 Å². The summed E-state index contributed by atoms with van der Waals surface area (Å²) in [6.07, 6.45) is 0. The molecule has 1 atom stereocenters. The van der Waals surface area contributed by atoms with Crippen molar-refractivity contribution < 1.29 is 9.59 Å². The Balaban J connectivity index is 2.80. The molecule has 1 unspecified atom stereocenters. The summed E-state index contributed by atoms with van der Waals surface area (Å²) in [5.74, 6) is -0.284. The summed E-state index contributed by atoms with van der Waals surface area (Å²) in [6.45, 7) is 8.72. The molecule has 0 heterocycles. The number of amides is 2. The van der Waals surface area contributed by atoms with Crippen LogP contribution in [0.1, 0.15) is 36.7 Å². The van der Waals surface area contributed by atoms with Gasteiger partial charge in [-0.15, -0.1) is 0 Å². The first-order chi connectivity index (χ1) is 9.42. The molecule has 0 bridgehead atoms. The lowest BCUT2D eigenvalue weighted by Gasteiger charge is -2.23. The summed E-state index contributed by atoms with van der Waals surface area (Å²) < 4.78 is 0.882.